The molecule has 1 saturated heterocycles. The van der Waals surface area contributed by atoms with Crippen molar-refractivity contribution in [2.75, 3.05) is 13.1 Å². The van der Waals surface area contributed by atoms with Gasteiger partial charge in [-0.25, -0.2) is 4.98 Å². The minimum atomic E-state index is -0.804. The first-order valence-corrected chi connectivity index (χ1v) is 11.5. The average Bonchev–Trinajstić information content (AvgIpc) is 3.30. The highest BCUT2D eigenvalue weighted by molar-refractivity contribution is 7.11. The number of aliphatic hydroxyl groups is 1. The molecular weight excluding hydrogens is 392 g/mol. The monoisotopic (exact) mass is 420 g/mol. The van der Waals surface area contributed by atoms with Gasteiger partial charge in [0.1, 0.15) is 23.0 Å². The van der Waals surface area contributed by atoms with Crippen molar-refractivity contribution in [1.29, 1.82) is 0 Å². The molecule has 0 amide bonds. The van der Waals surface area contributed by atoms with E-state index in [0.717, 1.165) is 59.7 Å². The third kappa shape index (κ3) is 4.54. The third-order valence-electron chi connectivity index (χ3n) is 6.16. The molecule has 1 aromatic carbocycles. The van der Waals surface area contributed by atoms with E-state index in [0.29, 0.717) is 11.6 Å². The summed E-state index contributed by atoms with van der Waals surface area (Å²) < 4.78 is 5.89. The lowest BCUT2D eigenvalue weighted by Gasteiger charge is -2.28. The van der Waals surface area contributed by atoms with Crippen LogP contribution in [-0.2, 0) is 12.2 Å². The van der Waals surface area contributed by atoms with Crippen molar-refractivity contribution < 1.29 is 9.84 Å². The second-order valence-corrected chi connectivity index (χ2v) is 9.65. The Morgan fingerprint density at radius 3 is 2.68 bits per heavy atom. The minimum absolute atomic E-state index is 0.468. The summed E-state index contributed by atoms with van der Waals surface area (Å²) in [6.45, 7) is 4.54. The van der Waals surface area contributed by atoms with Gasteiger partial charge in [-0.3, -0.25) is 0 Å². The zero-order valence-corrected chi connectivity index (χ0v) is 18.1. The largest absolute Gasteiger partial charge is 0.488 e. The summed E-state index contributed by atoms with van der Waals surface area (Å²) in [6, 6.07) is 8.12. The molecule has 1 aliphatic carbocycles. The Morgan fingerprint density at radius 1 is 1.18 bits per heavy atom. The van der Waals surface area contributed by atoms with Gasteiger partial charge < -0.3 is 14.7 Å². The van der Waals surface area contributed by atoms with Gasteiger partial charge in [0, 0.05) is 17.6 Å². The molecule has 1 aromatic heterocycles. The van der Waals surface area contributed by atoms with E-state index in [2.05, 4.69) is 4.90 Å². The van der Waals surface area contributed by atoms with Gasteiger partial charge in [0.15, 0.2) is 0 Å². The molecule has 0 unspecified atom stereocenters. The van der Waals surface area contributed by atoms with Crippen molar-refractivity contribution in [3.63, 3.8) is 0 Å². The lowest BCUT2D eigenvalue weighted by atomic mass is 9.96. The second-order valence-electron chi connectivity index (χ2n) is 8.13. The Kier molecular flexibility index (Phi) is 6.26. The number of hydrogen-bond donors (Lipinski definition) is 1. The molecule has 2 heterocycles. The molecule has 6 heteroatoms. The molecule has 4 nitrogen and oxygen atoms in total. The fourth-order valence-electron chi connectivity index (χ4n) is 4.43. The smallest absolute Gasteiger partial charge is 0.125 e. The quantitative estimate of drug-likeness (QED) is 0.712. The van der Waals surface area contributed by atoms with Gasteiger partial charge in [-0.1, -0.05) is 24.4 Å². The minimum Gasteiger partial charge on any atom is -0.488 e. The standard InChI is InChI=1S/C22H29ClN2O2S/c1-16-20(15-27-19-9-7-17(23)8-10-19)28-21(24-16)22(26)11-4-13-25(14-12-22)18-5-2-3-6-18/h7-10,18,26H,2-6,11-15H2,1H3/t22-/m1/s1. The molecular formula is C22H29ClN2O2S. The maximum Gasteiger partial charge on any atom is 0.125 e. The van der Waals surface area contributed by atoms with Crippen LogP contribution >= 0.6 is 22.9 Å². The fourth-order valence-corrected chi connectivity index (χ4v) is 5.68. The molecule has 0 spiro atoms. The Morgan fingerprint density at radius 2 is 1.93 bits per heavy atom. The van der Waals surface area contributed by atoms with E-state index in [4.69, 9.17) is 21.3 Å². The normalized spacial score (nSPS) is 24.4. The number of thiazole rings is 1. The van der Waals surface area contributed by atoms with Crippen molar-refractivity contribution in [2.45, 2.75) is 70.1 Å². The zero-order valence-electron chi connectivity index (χ0n) is 16.5. The van der Waals surface area contributed by atoms with Crippen molar-refractivity contribution in [1.82, 2.24) is 9.88 Å². The molecule has 0 bridgehead atoms. The number of likely N-dealkylation sites (tertiary alicyclic amines) is 1. The predicted octanol–water partition coefficient (Wildman–Crippen LogP) is 5.30. The molecule has 28 heavy (non-hydrogen) atoms. The van der Waals surface area contributed by atoms with E-state index in [1.165, 1.54) is 25.7 Å². The van der Waals surface area contributed by atoms with Crippen LogP contribution in [0.4, 0.5) is 0 Å². The maximum absolute atomic E-state index is 11.4. The average molecular weight is 421 g/mol. The number of hydrogen-bond acceptors (Lipinski definition) is 5. The highest BCUT2D eigenvalue weighted by Gasteiger charge is 2.37. The number of nitrogens with zero attached hydrogens (tertiary/aromatic N) is 2. The molecule has 1 N–H and O–H groups in total. The first-order valence-electron chi connectivity index (χ1n) is 10.4. The molecule has 2 fully saturated rings. The van der Waals surface area contributed by atoms with E-state index >= 15 is 0 Å². The van der Waals surface area contributed by atoms with Gasteiger partial charge in [-0.05, 0) is 69.8 Å². The number of benzene rings is 1. The van der Waals surface area contributed by atoms with Gasteiger partial charge in [0.05, 0.1) is 10.6 Å². The van der Waals surface area contributed by atoms with Crippen LogP contribution in [0.3, 0.4) is 0 Å². The summed E-state index contributed by atoms with van der Waals surface area (Å²) in [5.41, 5.74) is 0.153. The molecule has 4 rings (SSSR count). The van der Waals surface area contributed by atoms with Crippen LogP contribution in [0.25, 0.3) is 0 Å². The number of aryl methyl sites for hydroxylation is 1. The Bertz CT molecular complexity index is 788. The summed E-state index contributed by atoms with van der Waals surface area (Å²) in [4.78, 5) is 8.43. The Labute approximate surface area is 176 Å². The third-order valence-corrected chi connectivity index (χ3v) is 7.74. The van der Waals surface area contributed by atoms with Gasteiger partial charge in [-0.2, -0.15) is 0 Å². The van der Waals surface area contributed by atoms with Crippen LogP contribution in [0.2, 0.25) is 5.02 Å². The van der Waals surface area contributed by atoms with Crippen molar-refractivity contribution in [3.05, 3.63) is 44.9 Å². The second kappa shape index (κ2) is 8.70. The number of halogens is 1. The van der Waals surface area contributed by atoms with Crippen LogP contribution < -0.4 is 4.74 Å². The van der Waals surface area contributed by atoms with Crippen LogP contribution in [-0.4, -0.2) is 34.1 Å². The van der Waals surface area contributed by atoms with Crippen LogP contribution in [0.5, 0.6) is 5.75 Å². The lowest BCUT2D eigenvalue weighted by molar-refractivity contribution is 0.0196. The summed E-state index contributed by atoms with van der Waals surface area (Å²) in [7, 11) is 0. The number of aromatic nitrogens is 1. The highest BCUT2D eigenvalue weighted by atomic mass is 35.5. The molecule has 1 atom stereocenters. The maximum atomic E-state index is 11.4. The van der Waals surface area contributed by atoms with E-state index in [1.54, 1.807) is 11.3 Å². The number of rotatable bonds is 5. The van der Waals surface area contributed by atoms with E-state index in [9.17, 15) is 5.11 Å². The Hall–Kier alpha value is -1.14. The molecule has 1 saturated carbocycles. The molecule has 1 aliphatic heterocycles. The van der Waals surface area contributed by atoms with Gasteiger partial charge in [0.25, 0.3) is 0 Å². The topological polar surface area (TPSA) is 45.6 Å². The summed E-state index contributed by atoms with van der Waals surface area (Å²) in [5, 5.41) is 13.0. The SMILES string of the molecule is Cc1nc([C@@]2(O)CCCN(C3CCCC3)CC2)sc1COc1ccc(Cl)cc1. The molecule has 152 valence electrons. The highest BCUT2D eigenvalue weighted by Crippen LogP contribution is 2.38. The van der Waals surface area contributed by atoms with Crippen LogP contribution in [0.15, 0.2) is 24.3 Å². The summed E-state index contributed by atoms with van der Waals surface area (Å²) >= 11 is 7.53. The predicted molar refractivity (Wildman–Crippen MR) is 114 cm³/mol. The first-order chi connectivity index (χ1) is 13.5. The van der Waals surface area contributed by atoms with Crippen LogP contribution in [0, 0.1) is 6.92 Å². The van der Waals surface area contributed by atoms with E-state index in [1.807, 2.05) is 31.2 Å². The zero-order chi connectivity index (χ0) is 19.6. The molecule has 2 aromatic rings. The van der Waals surface area contributed by atoms with Gasteiger partial charge >= 0.3 is 0 Å². The van der Waals surface area contributed by atoms with Crippen molar-refractivity contribution in [2.24, 2.45) is 0 Å². The van der Waals surface area contributed by atoms with Crippen molar-refractivity contribution in [3.8, 4) is 5.75 Å². The van der Waals surface area contributed by atoms with E-state index in [-0.39, 0.29) is 0 Å². The van der Waals surface area contributed by atoms with Gasteiger partial charge in [-0.15, -0.1) is 11.3 Å². The lowest BCUT2D eigenvalue weighted by Crippen LogP contribution is -2.35. The van der Waals surface area contributed by atoms with Crippen molar-refractivity contribution >= 4 is 22.9 Å². The van der Waals surface area contributed by atoms with E-state index < -0.39 is 5.60 Å². The summed E-state index contributed by atoms with van der Waals surface area (Å²) in [6.07, 6.45) is 7.95. The fraction of sp³-hybridized carbons (Fsp3) is 0.591. The Balaban J connectivity index is 1.42. The molecule has 2 aliphatic rings. The summed E-state index contributed by atoms with van der Waals surface area (Å²) in [5.74, 6) is 0.791. The molecule has 0 radical (unpaired) electrons. The van der Waals surface area contributed by atoms with Gasteiger partial charge in [0.2, 0.25) is 0 Å². The first kappa shape index (κ1) is 20.1. The number of ether oxygens (including phenoxy) is 1. The van der Waals surface area contributed by atoms with Crippen LogP contribution in [0.1, 0.15) is 60.5 Å².